The van der Waals surface area contributed by atoms with Crippen LogP contribution in [0.4, 0.5) is 5.69 Å². The van der Waals surface area contributed by atoms with Gasteiger partial charge in [-0.2, -0.15) is 0 Å². The fourth-order valence-corrected chi connectivity index (χ4v) is 3.30. The van der Waals surface area contributed by atoms with Crippen LogP contribution in [0.1, 0.15) is 19.8 Å². The van der Waals surface area contributed by atoms with Gasteiger partial charge in [-0.25, -0.2) is 9.78 Å². The molecule has 2 fully saturated rings. The third-order valence-electron chi connectivity index (χ3n) is 4.35. The van der Waals surface area contributed by atoms with E-state index in [1.54, 1.807) is 7.11 Å². The average molecular weight is 263 g/mol. The Morgan fingerprint density at radius 3 is 2.89 bits per heavy atom. The second-order valence-electron chi connectivity index (χ2n) is 5.44. The van der Waals surface area contributed by atoms with E-state index in [4.69, 9.17) is 14.5 Å². The predicted octanol–water partition coefficient (Wildman–Crippen LogP) is 2.60. The number of methoxy groups -OCH3 is 1. The fourth-order valence-electron chi connectivity index (χ4n) is 3.30. The van der Waals surface area contributed by atoms with Gasteiger partial charge >= 0.3 is 0 Å². The third kappa shape index (κ3) is 2.14. The van der Waals surface area contributed by atoms with Crippen molar-refractivity contribution in [2.75, 3.05) is 25.2 Å². The molecule has 0 aliphatic carbocycles. The largest absolute Gasteiger partial charge is 0.385 e. The van der Waals surface area contributed by atoms with E-state index < -0.39 is 0 Å². The minimum absolute atomic E-state index is 0.138. The van der Waals surface area contributed by atoms with E-state index in [1.165, 1.54) is 5.69 Å². The van der Waals surface area contributed by atoms with Crippen molar-refractivity contribution in [2.45, 2.75) is 31.6 Å². The lowest BCUT2D eigenvalue weighted by Crippen LogP contribution is -2.45. The summed E-state index contributed by atoms with van der Waals surface area (Å²) < 4.78 is 5.15. The van der Waals surface area contributed by atoms with Gasteiger partial charge in [-0.1, -0.05) is 18.2 Å². The van der Waals surface area contributed by atoms with Crippen LogP contribution in [0.15, 0.2) is 30.3 Å². The molecule has 0 bridgehead atoms. The van der Waals surface area contributed by atoms with Gasteiger partial charge < -0.3 is 9.64 Å². The molecule has 4 heteroatoms. The molecule has 19 heavy (non-hydrogen) atoms. The monoisotopic (exact) mass is 263 g/mol. The van der Waals surface area contributed by atoms with Crippen LogP contribution in [0, 0.1) is 5.92 Å². The molecule has 0 saturated carbocycles. The maximum absolute atomic E-state index is 5.71. The van der Waals surface area contributed by atoms with Crippen molar-refractivity contribution < 1.29 is 14.5 Å². The molecule has 1 aromatic carbocycles. The van der Waals surface area contributed by atoms with Gasteiger partial charge in [0.2, 0.25) is 0 Å². The first-order valence-electron chi connectivity index (χ1n) is 6.92. The van der Waals surface area contributed by atoms with E-state index >= 15 is 0 Å². The molecule has 0 aromatic heterocycles. The zero-order valence-corrected chi connectivity index (χ0v) is 11.5. The van der Waals surface area contributed by atoms with E-state index in [0.29, 0.717) is 12.5 Å². The summed E-state index contributed by atoms with van der Waals surface area (Å²) in [6.45, 7) is 3.86. The Kier molecular flexibility index (Phi) is 3.48. The van der Waals surface area contributed by atoms with Crippen molar-refractivity contribution in [2.24, 2.45) is 5.92 Å². The molecule has 2 saturated heterocycles. The molecule has 2 aliphatic heterocycles. The van der Waals surface area contributed by atoms with Gasteiger partial charge in [0.15, 0.2) is 5.72 Å². The van der Waals surface area contributed by atoms with Crippen LogP contribution in [-0.2, 0) is 14.5 Å². The molecule has 0 radical (unpaired) electrons. The van der Waals surface area contributed by atoms with Crippen LogP contribution < -0.4 is 4.90 Å². The number of benzene rings is 1. The van der Waals surface area contributed by atoms with Gasteiger partial charge in [-0.15, -0.1) is 0 Å². The summed E-state index contributed by atoms with van der Waals surface area (Å²) in [5.74, 6) is 0.405. The number of ether oxygens (including phenoxy) is 1. The topological polar surface area (TPSA) is 30.9 Å². The maximum Gasteiger partial charge on any atom is 0.178 e. The number of anilines is 1. The summed E-state index contributed by atoms with van der Waals surface area (Å²) in [5, 5.41) is 0. The maximum atomic E-state index is 5.71. The SMILES string of the molecule is COCC[C@@H]1OO[C@]2(C)[C@H]1CCN2c1ccccc1. The zero-order chi connectivity index (χ0) is 13.3. The zero-order valence-electron chi connectivity index (χ0n) is 11.5. The van der Waals surface area contributed by atoms with Crippen molar-refractivity contribution in [3.05, 3.63) is 30.3 Å². The standard InChI is InChI=1S/C15H21NO3/c1-15-13(14(18-19-15)9-11-17-2)8-10-16(15)12-6-4-3-5-7-12/h3-7,13-14H,8-11H2,1-2H3/t13-,14-,15+/m0/s1. The Morgan fingerprint density at radius 2 is 2.16 bits per heavy atom. The number of para-hydroxylation sites is 1. The van der Waals surface area contributed by atoms with E-state index in [1.807, 2.05) is 6.07 Å². The van der Waals surface area contributed by atoms with Gasteiger partial charge in [0.25, 0.3) is 0 Å². The first kappa shape index (κ1) is 12.9. The first-order valence-corrected chi connectivity index (χ1v) is 6.92. The highest BCUT2D eigenvalue weighted by Gasteiger charge is 2.56. The number of rotatable bonds is 4. The predicted molar refractivity (Wildman–Crippen MR) is 72.8 cm³/mol. The Hall–Kier alpha value is -1.10. The Bertz CT molecular complexity index is 425. The van der Waals surface area contributed by atoms with Gasteiger partial charge in [-0.3, -0.25) is 0 Å². The molecular formula is C15H21NO3. The highest BCUT2D eigenvalue weighted by Crippen LogP contribution is 2.47. The molecule has 4 nitrogen and oxygen atoms in total. The third-order valence-corrected chi connectivity index (χ3v) is 4.35. The summed E-state index contributed by atoms with van der Waals surface area (Å²) in [7, 11) is 1.72. The number of fused-ring (bicyclic) bond motifs is 1. The molecule has 3 atom stereocenters. The van der Waals surface area contributed by atoms with Crippen LogP contribution in [0.3, 0.4) is 0 Å². The number of hydrogen-bond donors (Lipinski definition) is 0. The van der Waals surface area contributed by atoms with Crippen molar-refractivity contribution in [3.8, 4) is 0 Å². The molecule has 2 heterocycles. The summed E-state index contributed by atoms with van der Waals surface area (Å²) in [4.78, 5) is 13.6. The van der Waals surface area contributed by atoms with Gasteiger partial charge in [-0.05, 0) is 25.5 Å². The summed E-state index contributed by atoms with van der Waals surface area (Å²) in [6, 6.07) is 10.4. The van der Waals surface area contributed by atoms with Crippen molar-refractivity contribution in [1.29, 1.82) is 0 Å². The van der Waals surface area contributed by atoms with E-state index in [9.17, 15) is 0 Å². The quantitative estimate of drug-likeness (QED) is 0.781. The second kappa shape index (κ2) is 5.12. The lowest BCUT2D eigenvalue weighted by atomic mass is 9.91. The molecule has 0 amide bonds. The van der Waals surface area contributed by atoms with E-state index in [-0.39, 0.29) is 11.8 Å². The molecule has 2 aliphatic rings. The lowest BCUT2D eigenvalue weighted by molar-refractivity contribution is -0.322. The smallest absolute Gasteiger partial charge is 0.178 e. The van der Waals surface area contributed by atoms with Crippen molar-refractivity contribution in [1.82, 2.24) is 0 Å². The Labute approximate surface area is 114 Å². The first-order chi connectivity index (χ1) is 9.25. The van der Waals surface area contributed by atoms with Crippen LogP contribution in [0.5, 0.6) is 0 Å². The van der Waals surface area contributed by atoms with Crippen LogP contribution in [0.25, 0.3) is 0 Å². The van der Waals surface area contributed by atoms with Crippen molar-refractivity contribution >= 4 is 5.69 Å². The summed E-state index contributed by atoms with van der Waals surface area (Å²) >= 11 is 0. The molecular weight excluding hydrogens is 242 g/mol. The highest BCUT2D eigenvalue weighted by molar-refractivity contribution is 5.49. The lowest BCUT2D eigenvalue weighted by Gasteiger charge is -2.33. The van der Waals surface area contributed by atoms with Crippen LogP contribution in [0.2, 0.25) is 0 Å². The summed E-state index contributed by atoms with van der Waals surface area (Å²) in [5.41, 5.74) is 0.850. The Balaban J connectivity index is 1.78. The molecule has 1 aromatic rings. The number of nitrogens with zero attached hydrogens (tertiary/aromatic N) is 1. The van der Waals surface area contributed by atoms with E-state index in [2.05, 4.69) is 36.1 Å². The highest BCUT2D eigenvalue weighted by atomic mass is 17.2. The van der Waals surface area contributed by atoms with Gasteiger partial charge in [0.05, 0.1) is 0 Å². The molecule has 3 rings (SSSR count). The van der Waals surface area contributed by atoms with E-state index in [0.717, 1.165) is 19.4 Å². The minimum atomic E-state index is -0.347. The average Bonchev–Trinajstić information content (AvgIpc) is 2.93. The molecule has 0 N–H and O–H groups in total. The molecule has 0 spiro atoms. The van der Waals surface area contributed by atoms with Gasteiger partial charge in [0.1, 0.15) is 6.10 Å². The minimum Gasteiger partial charge on any atom is -0.385 e. The molecule has 0 unspecified atom stereocenters. The fraction of sp³-hybridized carbons (Fsp3) is 0.600. The molecule has 104 valence electrons. The van der Waals surface area contributed by atoms with Crippen molar-refractivity contribution in [3.63, 3.8) is 0 Å². The van der Waals surface area contributed by atoms with Gasteiger partial charge in [0, 0.05) is 38.3 Å². The normalized spacial score (nSPS) is 33.7. The van der Waals surface area contributed by atoms with Crippen LogP contribution in [-0.4, -0.2) is 32.1 Å². The number of hydrogen-bond acceptors (Lipinski definition) is 4. The second-order valence-corrected chi connectivity index (χ2v) is 5.44. The van der Waals surface area contributed by atoms with Crippen LogP contribution >= 0.6 is 0 Å². The summed E-state index contributed by atoms with van der Waals surface area (Å²) in [6.07, 6.45) is 2.12. The Morgan fingerprint density at radius 1 is 1.37 bits per heavy atom.